The summed E-state index contributed by atoms with van der Waals surface area (Å²) in [6, 6.07) is 25.9. The fourth-order valence-electron chi connectivity index (χ4n) is 7.04. The molecule has 0 radical (unpaired) electrons. The molecule has 3 rings (SSSR count). The molecule has 0 unspecified atom stereocenters. The zero-order chi connectivity index (χ0) is 36.7. The third-order valence-electron chi connectivity index (χ3n) is 10.3. The maximum atomic E-state index is 6.92. The monoisotopic (exact) mass is 909 g/mol. The maximum absolute atomic E-state index is 6.92. The Balaban J connectivity index is 1.68. The standard InChI is InChI=1S/3C16H26O.Bi/c3*1-2-3-4-5-6-7-8-9-12-15-13-10-11-14-16(15)17;/h3*10-11,13-14,17H,2-9,12H2,1H3;/q;;;+3/p-3. The molecule has 3 aromatic rings. The third-order valence-corrected chi connectivity index (χ3v) is 14.4. The summed E-state index contributed by atoms with van der Waals surface area (Å²) in [5, 5.41) is 0. The number of para-hydroxylation sites is 3. The van der Waals surface area contributed by atoms with Gasteiger partial charge in [0, 0.05) is 0 Å². The Kier molecular flexibility index (Phi) is 25.8. The van der Waals surface area contributed by atoms with Crippen LogP contribution in [0.1, 0.15) is 192 Å². The number of hydrogen-bond donors (Lipinski definition) is 0. The Hall–Kier alpha value is -2.06. The Bertz CT molecular complexity index is 1120. The van der Waals surface area contributed by atoms with Gasteiger partial charge in [-0.1, -0.05) is 20.8 Å². The van der Waals surface area contributed by atoms with Crippen molar-refractivity contribution in [3.05, 3.63) is 89.5 Å². The van der Waals surface area contributed by atoms with Crippen LogP contribution in [0.3, 0.4) is 0 Å². The smallest absolute Gasteiger partial charge is 0.0654 e. The van der Waals surface area contributed by atoms with Crippen molar-refractivity contribution >= 4 is 23.1 Å². The van der Waals surface area contributed by atoms with Crippen LogP contribution < -0.4 is 8.44 Å². The van der Waals surface area contributed by atoms with Crippen molar-refractivity contribution in [1.29, 1.82) is 0 Å². The predicted molar refractivity (Wildman–Crippen MR) is 226 cm³/mol. The number of aryl methyl sites for hydroxylation is 3. The summed E-state index contributed by atoms with van der Waals surface area (Å²) in [5.41, 5.74) is 3.83. The van der Waals surface area contributed by atoms with Crippen LogP contribution >= 0.6 is 0 Å². The van der Waals surface area contributed by atoms with Crippen LogP contribution in [0.15, 0.2) is 72.8 Å². The minimum Gasteiger partial charge on any atom is -0.0654 e. The van der Waals surface area contributed by atoms with E-state index in [-0.39, 0.29) is 0 Å². The molecule has 0 atom stereocenters. The summed E-state index contributed by atoms with van der Waals surface area (Å²) in [6.07, 6.45) is 34.9. The van der Waals surface area contributed by atoms with Gasteiger partial charge in [0.2, 0.25) is 0 Å². The van der Waals surface area contributed by atoms with Crippen LogP contribution in [0, 0.1) is 0 Å². The zero-order valence-corrected chi connectivity index (χ0v) is 37.2. The van der Waals surface area contributed by atoms with Gasteiger partial charge in [0.15, 0.2) is 0 Å². The molecule has 52 heavy (non-hydrogen) atoms. The van der Waals surface area contributed by atoms with Gasteiger partial charge in [-0.05, 0) is 0 Å². The normalized spacial score (nSPS) is 11.3. The van der Waals surface area contributed by atoms with Gasteiger partial charge in [-0.2, -0.15) is 0 Å². The van der Waals surface area contributed by atoms with Gasteiger partial charge in [-0.3, -0.25) is 0 Å². The van der Waals surface area contributed by atoms with Crippen molar-refractivity contribution in [3.8, 4) is 17.2 Å². The fourth-order valence-corrected chi connectivity index (χ4v) is 11.4. The van der Waals surface area contributed by atoms with Crippen LogP contribution in [-0.4, -0.2) is 23.1 Å². The molecule has 3 nitrogen and oxygen atoms in total. The van der Waals surface area contributed by atoms with E-state index in [4.69, 9.17) is 8.44 Å². The Morgan fingerprint density at radius 2 is 0.538 bits per heavy atom. The van der Waals surface area contributed by atoms with E-state index in [1.807, 2.05) is 0 Å². The molecule has 0 aliphatic heterocycles. The molecule has 0 saturated heterocycles. The van der Waals surface area contributed by atoms with Gasteiger partial charge >= 0.3 is 312 Å². The van der Waals surface area contributed by atoms with Crippen LogP contribution in [0.5, 0.6) is 17.2 Å². The Morgan fingerprint density at radius 3 is 0.808 bits per heavy atom. The first-order chi connectivity index (χ1) is 25.7. The van der Waals surface area contributed by atoms with Gasteiger partial charge in [0.1, 0.15) is 0 Å². The van der Waals surface area contributed by atoms with E-state index >= 15 is 0 Å². The van der Waals surface area contributed by atoms with E-state index in [0.29, 0.717) is 0 Å². The average Bonchev–Trinajstić information content (AvgIpc) is 3.16. The van der Waals surface area contributed by atoms with Crippen molar-refractivity contribution < 1.29 is 8.44 Å². The molecule has 0 bridgehead atoms. The SMILES string of the molecule is CCCCCCCCCCc1ccccc1[O][Bi]([O]c1ccccc1CCCCCCCCCC)[O]c1ccccc1CCCCCCCCCC. The van der Waals surface area contributed by atoms with Crippen molar-refractivity contribution in [2.45, 2.75) is 194 Å². The quantitative estimate of drug-likeness (QED) is 0.0450. The van der Waals surface area contributed by atoms with Crippen LogP contribution in [0.25, 0.3) is 0 Å². The van der Waals surface area contributed by atoms with Crippen molar-refractivity contribution in [3.63, 3.8) is 0 Å². The number of rotatable bonds is 33. The third kappa shape index (κ3) is 19.9. The summed E-state index contributed by atoms with van der Waals surface area (Å²) >= 11 is -3.53. The molecule has 0 heterocycles. The molecular formula is C48H75BiO3. The van der Waals surface area contributed by atoms with Crippen molar-refractivity contribution in [2.24, 2.45) is 0 Å². The van der Waals surface area contributed by atoms with Crippen molar-refractivity contribution in [2.75, 3.05) is 0 Å². The molecule has 0 saturated carbocycles. The zero-order valence-electron chi connectivity index (χ0n) is 33.7. The topological polar surface area (TPSA) is 27.7 Å². The minimum absolute atomic E-state index is 0.948. The van der Waals surface area contributed by atoms with Gasteiger partial charge in [0.25, 0.3) is 0 Å². The molecule has 0 spiro atoms. The molecule has 0 fully saturated rings. The molecule has 290 valence electrons. The molecule has 0 aliphatic carbocycles. The second kappa shape index (κ2) is 30.3. The second-order valence-electron chi connectivity index (χ2n) is 15.0. The summed E-state index contributed by atoms with van der Waals surface area (Å²) in [6.45, 7) is 6.87. The average molecular weight is 909 g/mol. The van der Waals surface area contributed by atoms with E-state index < -0.39 is 23.1 Å². The van der Waals surface area contributed by atoms with Gasteiger partial charge in [0.05, 0.1) is 0 Å². The van der Waals surface area contributed by atoms with E-state index in [1.54, 1.807) is 0 Å². The first kappa shape index (κ1) is 44.3. The summed E-state index contributed by atoms with van der Waals surface area (Å²) in [5.74, 6) is 2.85. The summed E-state index contributed by atoms with van der Waals surface area (Å²) in [7, 11) is 0. The first-order valence-electron chi connectivity index (χ1n) is 21.8. The number of hydrogen-bond acceptors (Lipinski definition) is 3. The van der Waals surface area contributed by atoms with Crippen LogP contribution in [-0.2, 0) is 19.3 Å². The Morgan fingerprint density at radius 1 is 0.308 bits per heavy atom. The molecule has 4 heteroatoms. The fraction of sp³-hybridized carbons (Fsp3) is 0.625. The second-order valence-corrected chi connectivity index (χ2v) is 18.9. The van der Waals surface area contributed by atoms with Crippen LogP contribution in [0.2, 0.25) is 0 Å². The summed E-state index contributed by atoms with van der Waals surface area (Å²) < 4.78 is 20.8. The number of unbranched alkanes of at least 4 members (excludes halogenated alkanes) is 21. The molecule has 0 amide bonds. The number of benzene rings is 3. The molecule has 3 aromatic carbocycles. The van der Waals surface area contributed by atoms with Crippen molar-refractivity contribution in [1.82, 2.24) is 0 Å². The van der Waals surface area contributed by atoms with Gasteiger partial charge in [-0.15, -0.1) is 0 Å². The van der Waals surface area contributed by atoms with Gasteiger partial charge in [-0.25, -0.2) is 0 Å². The first-order valence-corrected chi connectivity index (χ1v) is 26.1. The van der Waals surface area contributed by atoms with E-state index in [0.717, 1.165) is 36.5 Å². The minimum atomic E-state index is -3.53. The molecule has 0 N–H and O–H groups in total. The van der Waals surface area contributed by atoms with Crippen LogP contribution in [0.4, 0.5) is 0 Å². The molecule has 0 aromatic heterocycles. The van der Waals surface area contributed by atoms with Gasteiger partial charge < -0.3 is 0 Å². The van der Waals surface area contributed by atoms with E-state index in [2.05, 4.69) is 93.6 Å². The molecular weight excluding hydrogens is 834 g/mol. The predicted octanol–water partition coefficient (Wildman–Crippen LogP) is 15.3. The van der Waals surface area contributed by atoms with E-state index in [1.165, 1.54) is 171 Å². The summed E-state index contributed by atoms with van der Waals surface area (Å²) in [4.78, 5) is 0. The Labute approximate surface area is 330 Å². The van der Waals surface area contributed by atoms with E-state index in [9.17, 15) is 0 Å². The molecule has 0 aliphatic rings.